The summed E-state index contributed by atoms with van der Waals surface area (Å²) in [4.78, 5) is 13.0. The molecule has 0 atom stereocenters. The van der Waals surface area contributed by atoms with Gasteiger partial charge in [-0.15, -0.1) is 0 Å². The lowest BCUT2D eigenvalue weighted by molar-refractivity contribution is 0.112. The molecule has 1 fully saturated rings. The number of nitrogens with zero attached hydrogens (tertiary/aromatic N) is 2. The van der Waals surface area contributed by atoms with E-state index in [2.05, 4.69) is 11.0 Å². The highest BCUT2D eigenvalue weighted by molar-refractivity contribution is 5.78. The Morgan fingerprint density at radius 3 is 2.79 bits per heavy atom. The van der Waals surface area contributed by atoms with Crippen LogP contribution in [0.25, 0.3) is 0 Å². The molecule has 0 bridgehead atoms. The molecule has 0 spiro atoms. The van der Waals surface area contributed by atoms with E-state index in [1.54, 1.807) is 12.1 Å². The molecule has 1 aromatic carbocycles. The number of nitriles is 1. The van der Waals surface area contributed by atoms with Crippen LogP contribution in [0.2, 0.25) is 0 Å². The van der Waals surface area contributed by atoms with Gasteiger partial charge in [-0.1, -0.05) is 0 Å². The molecule has 0 aliphatic heterocycles. The van der Waals surface area contributed by atoms with Gasteiger partial charge in [0.2, 0.25) is 0 Å². The van der Waals surface area contributed by atoms with Crippen molar-refractivity contribution in [3.05, 3.63) is 29.3 Å². The molecule has 1 aliphatic carbocycles. The van der Waals surface area contributed by atoms with Gasteiger partial charge in [-0.3, -0.25) is 4.79 Å². The number of aldehydes is 1. The van der Waals surface area contributed by atoms with E-state index < -0.39 is 0 Å². The van der Waals surface area contributed by atoms with E-state index in [4.69, 9.17) is 5.11 Å². The second-order valence-corrected chi connectivity index (χ2v) is 4.86. The van der Waals surface area contributed by atoms with Gasteiger partial charge in [0.15, 0.2) is 0 Å². The molecule has 0 saturated heterocycles. The monoisotopic (exact) mass is 258 g/mol. The SMILES string of the molecule is N#Cc1cc(C=O)ccc1N(CCCO)C1CCC1. The zero-order valence-corrected chi connectivity index (χ0v) is 10.9. The molecule has 1 aliphatic rings. The number of aliphatic hydroxyl groups excluding tert-OH is 1. The summed E-state index contributed by atoms with van der Waals surface area (Å²) in [6.07, 6.45) is 4.93. The largest absolute Gasteiger partial charge is 0.396 e. The number of hydrogen-bond acceptors (Lipinski definition) is 4. The topological polar surface area (TPSA) is 64.3 Å². The van der Waals surface area contributed by atoms with E-state index in [-0.39, 0.29) is 6.61 Å². The molecule has 1 N–H and O–H groups in total. The van der Waals surface area contributed by atoms with Gasteiger partial charge in [0.1, 0.15) is 12.4 Å². The highest BCUT2D eigenvalue weighted by Gasteiger charge is 2.26. The van der Waals surface area contributed by atoms with E-state index in [1.165, 1.54) is 6.42 Å². The first-order valence-electron chi connectivity index (χ1n) is 6.67. The Labute approximate surface area is 113 Å². The Bertz CT molecular complexity index is 489. The summed E-state index contributed by atoms with van der Waals surface area (Å²) in [6, 6.07) is 7.85. The first kappa shape index (κ1) is 13.6. The average molecular weight is 258 g/mol. The highest BCUT2D eigenvalue weighted by atomic mass is 16.3. The molecule has 4 heteroatoms. The van der Waals surface area contributed by atoms with Crippen molar-refractivity contribution >= 4 is 12.0 Å². The van der Waals surface area contributed by atoms with Gasteiger partial charge in [0.05, 0.1) is 11.3 Å². The Hall–Kier alpha value is -1.86. The maximum atomic E-state index is 10.8. The summed E-state index contributed by atoms with van der Waals surface area (Å²) in [5.41, 5.74) is 1.94. The summed E-state index contributed by atoms with van der Waals surface area (Å²) in [7, 11) is 0. The molecular weight excluding hydrogens is 240 g/mol. The van der Waals surface area contributed by atoms with Crippen LogP contribution in [0.4, 0.5) is 5.69 Å². The summed E-state index contributed by atoms with van der Waals surface area (Å²) >= 11 is 0. The zero-order valence-electron chi connectivity index (χ0n) is 10.9. The van der Waals surface area contributed by atoms with Gasteiger partial charge in [0.25, 0.3) is 0 Å². The minimum Gasteiger partial charge on any atom is -0.396 e. The minimum absolute atomic E-state index is 0.150. The van der Waals surface area contributed by atoms with Crippen LogP contribution in [0.15, 0.2) is 18.2 Å². The van der Waals surface area contributed by atoms with Crippen LogP contribution in [-0.4, -0.2) is 30.6 Å². The number of aliphatic hydroxyl groups is 1. The van der Waals surface area contributed by atoms with Gasteiger partial charge < -0.3 is 10.0 Å². The summed E-state index contributed by atoms with van der Waals surface area (Å²) in [5, 5.41) is 18.2. The van der Waals surface area contributed by atoms with Gasteiger partial charge in [0, 0.05) is 24.8 Å². The number of anilines is 1. The first-order chi connectivity index (χ1) is 9.30. The van der Waals surface area contributed by atoms with Crippen LogP contribution in [0.5, 0.6) is 0 Å². The lowest BCUT2D eigenvalue weighted by Crippen LogP contribution is -2.41. The third kappa shape index (κ3) is 2.94. The Morgan fingerprint density at radius 1 is 1.47 bits per heavy atom. The summed E-state index contributed by atoms with van der Waals surface area (Å²) in [5.74, 6) is 0. The maximum absolute atomic E-state index is 10.8. The fraction of sp³-hybridized carbons (Fsp3) is 0.467. The molecule has 100 valence electrons. The Balaban J connectivity index is 2.29. The molecule has 0 radical (unpaired) electrons. The van der Waals surface area contributed by atoms with E-state index in [1.807, 2.05) is 6.07 Å². The second-order valence-electron chi connectivity index (χ2n) is 4.86. The molecule has 0 unspecified atom stereocenters. The average Bonchev–Trinajstić information content (AvgIpc) is 2.40. The number of carbonyl (C=O) groups excluding carboxylic acids is 1. The van der Waals surface area contributed by atoms with Gasteiger partial charge in [-0.05, 0) is 43.9 Å². The molecule has 19 heavy (non-hydrogen) atoms. The van der Waals surface area contributed by atoms with Gasteiger partial charge in [-0.2, -0.15) is 5.26 Å². The summed E-state index contributed by atoms with van der Waals surface area (Å²) in [6.45, 7) is 0.897. The third-order valence-electron chi connectivity index (χ3n) is 3.66. The summed E-state index contributed by atoms with van der Waals surface area (Å²) < 4.78 is 0. The van der Waals surface area contributed by atoms with Crippen molar-refractivity contribution in [3.63, 3.8) is 0 Å². The quantitative estimate of drug-likeness (QED) is 0.794. The highest BCUT2D eigenvalue weighted by Crippen LogP contribution is 2.32. The van der Waals surface area contributed by atoms with E-state index in [0.717, 1.165) is 31.4 Å². The number of benzene rings is 1. The molecule has 0 amide bonds. The van der Waals surface area contributed by atoms with Crippen molar-refractivity contribution < 1.29 is 9.90 Å². The van der Waals surface area contributed by atoms with E-state index in [0.29, 0.717) is 23.6 Å². The predicted molar refractivity (Wildman–Crippen MR) is 73.2 cm³/mol. The molecule has 2 rings (SSSR count). The fourth-order valence-corrected chi connectivity index (χ4v) is 2.41. The van der Waals surface area contributed by atoms with Crippen molar-refractivity contribution in [1.82, 2.24) is 0 Å². The Morgan fingerprint density at radius 2 is 2.26 bits per heavy atom. The van der Waals surface area contributed by atoms with Crippen LogP contribution in [0, 0.1) is 11.3 Å². The molecule has 0 aromatic heterocycles. The van der Waals surface area contributed by atoms with Gasteiger partial charge >= 0.3 is 0 Å². The molecule has 1 aromatic rings. The minimum atomic E-state index is 0.150. The molecular formula is C15H18N2O2. The maximum Gasteiger partial charge on any atom is 0.150 e. The molecule has 4 nitrogen and oxygen atoms in total. The number of carbonyl (C=O) groups is 1. The lowest BCUT2D eigenvalue weighted by atomic mass is 9.90. The van der Waals surface area contributed by atoms with Crippen LogP contribution < -0.4 is 4.90 Å². The van der Waals surface area contributed by atoms with E-state index >= 15 is 0 Å². The lowest BCUT2D eigenvalue weighted by Gasteiger charge is -2.39. The number of rotatable bonds is 6. The van der Waals surface area contributed by atoms with Crippen LogP contribution in [0.3, 0.4) is 0 Å². The van der Waals surface area contributed by atoms with Crippen molar-refractivity contribution in [3.8, 4) is 6.07 Å². The predicted octanol–water partition coefficient (Wildman–Crippen LogP) is 2.11. The fourth-order valence-electron chi connectivity index (χ4n) is 2.41. The van der Waals surface area contributed by atoms with Crippen molar-refractivity contribution in [2.45, 2.75) is 31.7 Å². The van der Waals surface area contributed by atoms with Crippen molar-refractivity contribution in [1.29, 1.82) is 5.26 Å². The molecule has 1 saturated carbocycles. The Kier molecular flexibility index (Phi) is 4.53. The van der Waals surface area contributed by atoms with Crippen molar-refractivity contribution in [2.75, 3.05) is 18.1 Å². The first-order valence-corrected chi connectivity index (χ1v) is 6.67. The number of hydrogen-bond donors (Lipinski definition) is 1. The van der Waals surface area contributed by atoms with Crippen LogP contribution >= 0.6 is 0 Å². The molecule has 0 heterocycles. The van der Waals surface area contributed by atoms with Crippen LogP contribution in [0.1, 0.15) is 41.6 Å². The van der Waals surface area contributed by atoms with E-state index in [9.17, 15) is 10.1 Å². The normalized spacial score (nSPS) is 14.5. The van der Waals surface area contributed by atoms with Crippen LogP contribution in [-0.2, 0) is 0 Å². The zero-order chi connectivity index (χ0) is 13.7. The van der Waals surface area contributed by atoms with Crippen molar-refractivity contribution in [2.24, 2.45) is 0 Å². The smallest absolute Gasteiger partial charge is 0.150 e. The standard InChI is InChI=1S/C15H18N2O2/c16-10-13-9-12(11-19)5-6-15(13)17(7-2-8-18)14-3-1-4-14/h5-6,9,11,14,18H,1-4,7-8H2. The second kappa shape index (κ2) is 6.35. The van der Waals surface area contributed by atoms with Gasteiger partial charge in [-0.25, -0.2) is 0 Å². The third-order valence-corrected chi connectivity index (χ3v) is 3.66.